The number of pyridine rings is 1. The lowest BCUT2D eigenvalue weighted by atomic mass is 10.2. The maximum absolute atomic E-state index is 5.95. The molecule has 0 atom stereocenters. The largest absolute Gasteiger partial charge is 0.396 e. The molecular weight excluding hydrogens is 200 g/mol. The molecule has 0 bridgehead atoms. The summed E-state index contributed by atoms with van der Waals surface area (Å²) in [5.74, 6) is 0.805. The van der Waals surface area contributed by atoms with Gasteiger partial charge in [-0.2, -0.15) is 5.10 Å². The minimum Gasteiger partial charge on any atom is -0.396 e. The summed E-state index contributed by atoms with van der Waals surface area (Å²) >= 11 is 0. The molecule has 0 aliphatic heterocycles. The van der Waals surface area contributed by atoms with E-state index in [1.807, 2.05) is 18.3 Å². The predicted molar refractivity (Wildman–Crippen MR) is 62.2 cm³/mol. The SMILES string of the molecule is Nc1cn(-c2cccnc2)nc1CC1CC1. The molecule has 4 nitrogen and oxygen atoms in total. The van der Waals surface area contributed by atoms with Crippen LogP contribution in [0.1, 0.15) is 18.5 Å². The number of hydrogen-bond acceptors (Lipinski definition) is 3. The molecule has 82 valence electrons. The smallest absolute Gasteiger partial charge is 0.0861 e. The van der Waals surface area contributed by atoms with E-state index in [9.17, 15) is 0 Å². The molecule has 3 rings (SSSR count). The van der Waals surface area contributed by atoms with E-state index >= 15 is 0 Å². The number of nitrogen functional groups attached to an aromatic ring is 1. The van der Waals surface area contributed by atoms with Crippen molar-refractivity contribution in [2.45, 2.75) is 19.3 Å². The van der Waals surface area contributed by atoms with E-state index in [4.69, 9.17) is 5.73 Å². The van der Waals surface area contributed by atoms with E-state index in [0.29, 0.717) is 0 Å². The maximum Gasteiger partial charge on any atom is 0.0861 e. The Morgan fingerprint density at radius 1 is 1.44 bits per heavy atom. The zero-order valence-corrected chi connectivity index (χ0v) is 9.00. The molecule has 0 saturated heterocycles. The normalized spacial score (nSPS) is 15.2. The van der Waals surface area contributed by atoms with Crippen LogP contribution in [-0.4, -0.2) is 14.8 Å². The van der Waals surface area contributed by atoms with Gasteiger partial charge >= 0.3 is 0 Å². The van der Waals surface area contributed by atoms with Crippen molar-refractivity contribution in [1.82, 2.24) is 14.8 Å². The second-order valence-corrected chi connectivity index (χ2v) is 4.33. The number of rotatable bonds is 3. The van der Waals surface area contributed by atoms with Gasteiger partial charge in [-0.15, -0.1) is 0 Å². The van der Waals surface area contributed by atoms with Crippen LogP contribution < -0.4 is 5.73 Å². The van der Waals surface area contributed by atoms with Crippen molar-refractivity contribution in [3.63, 3.8) is 0 Å². The third-order valence-electron chi connectivity index (χ3n) is 2.91. The lowest BCUT2D eigenvalue weighted by Gasteiger charge is -1.98. The first-order valence-corrected chi connectivity index (χ1v) is 5.57. The molecule has 0 unspecified atom stereocenters. The first kappa shape index (κ1) is 9.39. The maximum atomic E-state index is 5.95. The molecule has 0 radical (unpaired) electrons. The molecule has 2 heterocycles. The molecule has 16 heavy (non-hydrogen) atoms. The summed E-state index contributed by atoms with van der Waals surface area (Å²) in [7, 11) is 0. The lowest BCUT2D eigenvalue weighted by Crippen LogP contribution is -1.97. The molecule has 0 aromatic carbocycles. The van der Waals surface area contributed by atoms with Crippen LogP contribution in [0.15, 0.2) is 30.7 Å². The van der Waals surface area contributed by atoms with Crippen LogP contribution in [0, 0.1) is 5.92 Å². The monoisotopic (exact) mass is 214 g/mol. The van der Waals surface area contributed by atoms with Gasteiger partial charge in [0.05, 0.1) is 29.5 Å². The van der Waals surface area contributed by atoms with Gasteiger partial charge < -0.3 is 5.73 Å². The minimum atomic E-state index is 0.788. The second-order valence-electron chi connectivity index (χ2n) is 4.33. The van der Waals surface area contributed by atoms with Crippen LogP contribution in [0.2, 0.25) is 0 Å². The van der Waals surface area contributed by atoms with E-state index in [-0.39, 0.29) is 0 Å². The fraction of sp³-hybridized carbons (Fsp3) is 0.333. The molecular formula is C12H14N4. The molecule has 1 aliphatic rings. The summed E-state index contributed by atoms with van der Waals surface area (Å²) in [4.78, 5) is 4.07. The van der Waals surface area contributed by atoms with Crippen molar-refractivity contribution in [3.05, 3.63) is 36.4 Å². The zero-order chi connectivity index (χ0) is 11.0. The second kappa shape index (κ2) is 3.63. The Labute approximate surface area is 94.1 Å². The molecule has 2 aromatic rings. The summed E-state index contributed by atoms with van der Waals surface area (Å²) in [5, 5.41) is 4.51. The van der Waals surface area contributed by atoms with Gasteiger partial charge in [0.1, 0.15) is 0 Å². The Morgan fingerprint density at radius 2 is 2.31 bits per heavy atom. The molecule has 2 N–H and O–H groups in total. The molecule has 1 saturated carbocycles. The number of anilines is 1. The van der Waals surface area contributed by atoms with Crippen LogP contribution in [0.25, 0.3) is 5.69 Å². The first-order valence-electron chi connectivity index (χ1n) is 5.57. The highest BCUT2D eigenvalue weighted by atomic mass is 15.3. The first-order chi connectivity index (χ1) is 7.83. The van der Waals surface area contributed by atoms with Gasteiger partial charge in [-0.05, 0) is 37.3 Å². The number of nitrogens with zero attached hydrogens (tertiary/aromatic N) is 3. The lowest BCUT2D eigenvalue weighted by molar-refractivity contribution is 0.765. The molecule has 1 fully saturated rings. The van der Waals surface area contributed by atoms with Crippen molar-refractivity contribution in [3.8, 4) is 5.69 Å². The van der Waals surface area contributed by atoms with Crippen LogP contribution in [0.3, 0.4) is 0 Å². The Bertz CT molecular complexity index is 485. The average Bonchev–Trinajstić information content (AvgIpc) is 3.05. The molecule has 4 heteroatoms. The Morgan fingerprint density at radius 3 is 3.00 bits per heavy atom. The molecule has 1 aliphatic carbocycles. The average molecular weight is 214 g/mol. The zero-order valence-electron chi connectivity index (χ0n) is 9.00. The third kappa shape index (κ3) is 1.78. The quantitative estimate of drug-likeness (QED) is 0.847. The van der Waals surface area contributed by atoms with Crippen LogP contribution in [0.4, 0.5) is 5.69 Å². The van der Waals surface area contributed by atoms with Crippen molar-refractivity contribution in [1.29, 1.82) is 0 Å². The van der Waals surface area contributed by atoms with Crippen LogP contribution in [-0.2, 0) is 6.42 Å². The van der Waals surface area contributed by atoms with Crippen molar-refractivity contribution in [2.75, 3.05) is 5.73 Å². The van der Waals surface area contributed by atoms with Crippen LogP contribution >= 0.6 is 0 Å². The van der Waals surface area contributed by atoms with Gasteiger partial charge in [-0.25, -0.2) is 4.68 Å². The summed E-state index contributed by atoms with van der Waals surface area (Å²) in [6, 6.07) is 3.87. The molecule has 2 aromatic heterocycles. The number of hydrogen-bond donors (Lipinski definition) is 1. The van der Waals surface area contributed by atoms with Gasteiger partial charge in [-0.1, -0.05) is 0 Å². The Balaban J connectivity index is 1.90. The fourth-order valence-corrected chi connectivity index (χ4v) is 1.80. The van der Waals surface area contributed by atoms with Crippen LogP contribution in [0.5, 0.6) is 0 Å². The van der Waals surface area contributed by atoms with E-state index in [1.165, 1.54) is 12.8 Å². The van der Waals surface area contributed by atoms with Crippen molar-refractivity contribution >= 4 is 5.69 Å². The van der Waals surface area contributed by atoms with E-state index in [0.717, 1.165) is 29.4 Å². The highest BCUT2D eigenvalue weighted by Gasteiger charge is 2.24. The molecule has 0 amide bonds. The standard InChI is InChI=1S/C12H14N4/c13-11-8-16(10-2-1-5-14-7-10)15-12(11)6-9-3-4-9/h1-2,5,7-9H,3-4,6,13H2. The topological polar surface area (TPSA) is 56.7 Å². The minimum absolute atomic E-state index is 0.788. The van der Waals surface area contributed by atoms with Gasteiger partial charge in [0.25, 0.3) is 0 Å². The summed E-state index contributed by atoms with van der Waals surface area (Å²) < 4.78 is 1.81. The summed E-state index contributed by atoms with van der Waals surface area (Å²) in [5.41, 5.74) is 8.71. The highest BCUT2D eigenvalue weighted by molar-refractivity contribution is 5.44. The number of nitrogens with two attached hydrogens (primary N) is 1. The fourth-order valence-electron chi connectivity index (χ4n) is 1.80. The van der Waals surface area contributed by atoms with Gasteiger partial charge in [0, 0.05) is 6.20 Å². The van der Waals surface area contributed by atoms with Gasteiger partial charge in [0.2, 0.25) is 0 Å². The third-order valence-corrected chi connectivity index (χ3v) is 2.91. The van der Waals surface area contributed by atoms with E-state index in [1.54, 1.807) is 17.1 Å². The Hall–Kier alpha value is -1.84. The van der Waals surface area contributed by atoms with Crippen molar-refractivity contribution < 1.29 is 0 Å². The van der Waals surface area contributed by atoms with Gasteiger partial charge in [0.15, 0.2) is 0 Å². The highest BCUT2D eigenvalue weighted by Crippen LogP contribution is 2.33. The summed E-state index contributed by atoms with van der Waals surface area (Å²) in [6.45, 7) is 0. The Kier molecular flexibility index (Phi) is 2.13. The predicted octanol–water partition coefficient (Wildman–Crippen LogP) is 1.80. The van der Waals surface area contributed by atoms with Gasteiger partial charge in [-0.3, -0.25) is 4.98 Å². The summed E-state index contributed by atoms with van der Waals surface area (Å²) in [6.07, 6.45) is 9.06. The van der Waals surface area contributed by atoms with Crippen molar-refractivity contribution in [2.24, 2.45) is 5.92 Å². The van der Waals surface area contributed by atoms with E-state index in [2.05, 4.69) is 10.1 Å². The van der Waals surface area contributed by atoms with E-state index < -0.39 is 0 Å². The molecule has 0 spiro atoms. The number of aromatic nitrogens is 3.